The number of ether oxygens (including phenoxy) is 1. The highest BCUT2D eigenvalue weighted by Gasteiger charge is 2.27. The molecule has 2 N–H and O–H groups in total. The lowest BCUT2D eigenvalue weighted by molar-refractivity contribution is 0.403. The zero-order valence-corrected chi connectivity index (χ0v) is 8.57. The normalized spacial score (nSPS) is 26.4. The molecule has 2 rings (SSSR count). The van der Waals surface area contributed by atoms with E-state index in [0.29, 0.717) is 12.0 Å². The number of hydrogen-bond acceptors (Lipinski definition) is 2. The maximum absolute atomic E-state index is 6.08. The molecule has 76 valence electrons. The van der Waals surface area contributed by atoms with Gasteiger partial charge in [0, 0.05) is 12.0 Å². The Morgan fingerprint density at radius 2 is 2.07 bits per heavy atom. The third kappa shape index (κ3) is 1.62. The standard InChI is InChI=1S/C12H17NO/c1-14-12-8-3-2-5-10(12)9-6-4-7-11(9)13/h2-3,5,8-9,11H,4,6-7,13H2,1H3/t9-,11+/m0/s1. The highest BCUT2D eigenvalue weighted by molar-refractivity contribution is 5.37. The second-order valence-corrected chi connectivity index (χ2v) is 3.94. The molecule has 0 aliphatic heterocycles. The Bertz CT molecular complexity index is 311. The summed E-state index contributed by atoms with van der Waals surface area (Å²) in [5.41, 5.74) is 7.36. The number of rotatable bonds is 2. The maximum Gasteiger partial charge on any atom is 0.122 e. The molecule has 1 saturated carbocycles. The first kappa shape index (κ1) is 9.53. The smallest absolute Gasteiger partial charge is 0.122 e. The monoisotopic (exact) mass is 191 g/mol. The summed E-state index contributed by atoms with van der Waals surface area (Å²) in [6, 6.07) is 8.52. The van der Waals surface area contributed by atoms with Crippen LogP contribution in [0.4, 0.5) is 0 Å². The molecule has 0 radical (unpaired) electrons. The summed E-state index contributed by atoms with van der Waals surface area (Å²) >= 11 is 0. The Hall–Kier alpha value is -1.02. The van der Waals surface area contributed by atoms with E-state index in [-0.39, 0.29) is 0 Å². The van der Waals surface area contributed by atoms with E-state index in [2.05, 4.69) is 12.1 Å². The summed E-state index contributed by atoms with van der Waals surface area (Å²) in [5.74, 6) is 1.47. The predicted molar refractivity (Wildman–Crippen MR) is 57.6 cm³/mol. The first-order chi connectivity index (χ1) is 6.83. The van der Waals surface area contributed by atoms with Crippen molar-refractivity contribution < 1.29 is 4.74 Å². The fourth-order valence-corrected chi connectivity index (χ4v) is 2.35. The second kappa shape index (κ2) is 4.01. The van der Waals surface area contributed by atoms with Crippen LogP contribution in [0, 0.1) is 0 Å². The Labute approximate surface area is 85.1 Å². The van der Waals surface area contributed by atoms with Crippen molar-refractivity contribution in [2.24, 2.45) is 5.73 Å². The molecule has 1 fully saturated rings. The topological polar surface area (TPSA) is 35.2 Å². The van der Waals surface area contributed by atoms with E-state index in [0.717, 1.165) is 12.2 Å². The van der Waals surface area contributed by atoms with E-state index in [1.165, 1.54) is 18.4 Å². The van der Waals surface area contributed by atoms with Gasteiger partial charge in [0.05, 0.1) is 7.11 Å². The molecule has 1 aliphatic rings. The van der Waals surface area contributed by atoms with Crippen molar-refractivity contribution in [1.29, 1.82) is 0 Å². The summed E-state index contributed by atoms with van der Waals surface area (Å²) in [6.07, 6.45) is 3.58. The van der Waals surface area contributed by atoms with Crippen LogP contribution in [0.2, 0.25) is 0 Å². The first-order valence-electron chi connectivity index (χ1n) is 5.21. The molecule has 0 bridgehead atoms. The predicted octanol–water partition coefficient (Wildman–Crippen LogP) is 2.29. The number of methoxy groups -OCH3 is 1. The van der Waals surface area contributed by atoms with Crippen molar-refractivity contribution in [1.82, 2.24) is 0 Å². The van der Waals surface area contributed by atoms with Crippen LogP contribution < -0.4 is 10.5 Å². The Kier molecular flexibility index (Phi) is 2.73. The van der Waals surface area contributed by atoms with Crippen molar-refractivity contribution in [3.8, 4) is 5.75 Å². The van der Waals surface area contributed by atoms with Gasteiger partial charge in [0.1, 0.15) is 5.75 Å². The molecule has 0 saturated heterocycles. The van der Waals surface area contributed by atoms with Crippen LogP contribution >= 0.6 is 0 Å². The van der Waals surface area contributed by atoms with Crippen LogP contribution in [0.5, 0.6) is 5.75 Å². The van der Waals surface area contributed by atoms with Gasteiger partial charge in [0.15, 0.2) is 0 Å². The molecule has 1 aromatic rings. The quantitative estimate of drug-likeness (QED) is 0.778. The summed E-state index contributed by atoms with van der Waals surface area (Å²) in [5, 5.41) is 0. The average molecular weight is 191 g/mol. The molecular formula is C12H17NO. The van der Waals surface area contributed by atoms with E-state index < -0.39 is 0 Å². The molecular weight excluding hydrogens is 174 g/mol. The fourth-order valence-electron chi connectivity index (χ4n) is 2.35. The number of nitrogens with two attached hydrogens (primary N) is 1. The van der Waals surface area contributed by atoms with Gasteiger partial charge in [-0.3, -0.25) is 0 Å². The molecule has 1 aliphatic carbocycles. The lowest BCUT2D eigenvalue weighted by atomic mass is 9.94. The van der Waals surface area contributed by atoms with E-state index in [1.54, 1.807) is 7.11 Å². The van der Waals surface area contributed by atoms with Crippen LogP contribution in [0.15, 0.2) is 24.3 Å². The van der Waals surface area contributed by atoms with E-state index in [4.69, 9.17) is 10.5 Å². The summed E-state index contributed by atoms with van der Waals surface area (Å²) in [6.45, 7) is 0. The van der Waals surface area contributed by atoms with Gasteiger partial charge in [-0.25, -0.2) is 0 Å². The zero-order chi connectivity index (χ0) is 9.97. The Morgan fingerprint density at radius 1 is 1.29 bits per heavy atom. The van der Waals surface area contributed by atoms with E-state index >= 15 is 0 Å². The fraction of sp³-hybridized carbons (Fsp3) is 0.500. The maximum atomic E-state index is 6.08. The molecule has 2 heteroatoms. The number of para-hydroxylation sites is 1. The van der Waals surface area contributed by atoms with Gasteiger partial charge >= 0.3 is 0 Å². The SMILES string of the molecule is COc1ccccc1[C@@H]1CCC[C@H]1N. The summed E-state index contributed by atoms with van der Waals surface area (Å²) in [7, 11) is 1.72. The van der Waals surface area contributed by atoms with Crippen molar-refractivity contribution in [2.45, 2.75) is 31.2 Å². The second-order valence-electron chi connectivity index (χ2n) is 3.94. The largest absolute Gasteiger partial charge is 0.496 e. The van der Waals surface area contributed by atoms with Crippen molar-refractivity contribution in [3.63, 3.8) is 0 Å². The Balaban J connectivity index is 2.30. The zero-order valence-electron chi connectivity index (χ0n) is 8.57. The van der Waals surface area contributed by atoms with Crippen LogP contribution in [-0.4, -0.2) is 13.2 Å². The molecule has 0 spiro atoms. The average Bonchev–Trinajstić information content (AvgIpc) is 2.64. The Morgan fingerprint density at radius 3 is 2.71 bits per heavy atom. The van der Waals surface area contributed by atoms with Gasteiger partial charge in [0.25, 0.3) is 0 Å². The van der Waals surface area contributed by atoms with Gasteiger partial charge in [-0.1, -0.05) is 24.6 Å². The van der Waals surface area contributed by atoms with Gasteiger partial charge in [-0.05, 0) is 24.5 Å². The lowest BCUT2D eigenvalue weighted by Gasteiger charge is -2.18. The third-order valence-electron chi connectivity index (χ3n) is 3.11. The van der Waals surface area contributed by atoms with Crippen LogP contribution in [0.1, 0.15) is 30.7 Å². The minimum atomic E-state index is 0.311. The molecule has 2 atom stereocenters. The molecule has 2 nitrogen and oxygen atoms in total. The molecule has 1 aromatic carbocycles. The highest BCUT2D eigenvalue weighted by atomic mass is 16.5. The third-order valence-corrected chi connectivity index (χ3v) is 3.11. The molecule has 0 unspecified atom stereocenters. The lowest BCUT2D eigenvalue weighted by Crippen LogP contribution is -2.23. The van der Waals surface area contributed by atoms with Gasteiger partial charge in [-0.2, -0.15) is 0 Å². The molecule has 0 amide bonds. The van der Waals surface area contributed by atoms with Crippen molar-refractivity contribution in [2.75, 3.05) is 7.11 Å². The molecule has 0 heterocycles. The first-order valence-corrected chi connectivity index (χ1v) is 5.21. The van der Waals surface area contributed by atoms with Crippen molar-refractivity contribution in [3.05, 3.63) is 29.8 Å². The minimum absolute atomic E-state index is 0.311. The highest BCUT2D eigenvalue weighted by Crippen LogP contribution is 2.37. The molecule has 14 heavy (non-hydrogen) atoms. The number of benzene rings is 1. The summed E-state index contributed by atoms with van der Waals surface area (Å²) < 4.78 is 5.35. The van der Waals surface area contributed by atoms with Crippen LogP contribution in [-0.2, 0) is 0 Å². The summed E-state index contributed by atoms with van der Waals surface area (Å²) in [4.78, 5) is 0. The van der Waals surface area contributed by atoms with Gasteiger partial charge in [-0.15, -0.1) is 0 Å². The van der Waals surface area contributed by atoms with Gasteiger partial charge in [0.2, 0.25) is 0 Å². The molecule has 0 aromatic heterocycles. The van der Waals surface area contributed by atoms with Crippen LogP contribution in [0.25, 0.3) is 0 Å². The van der Waals surface area contributed by atoms with E-state index in [1.807, 2.05) is 12.1 Å². The minimum Gasteiger partial charge on any atom is -0.496 e. The van der Waals surface area contributed by atoms with Gasteiger partial charge < -0.3 is 10.5 Å². The number of hydrogen-bond donors (Lipinski definition) is 1. The van der Waals surface area contributed by atoms with Crippen LogP contribution in [0.3, 0.4) is 0 Å². The van der Waals surface area contributed by atoms with E-state index in [9.17, 15) is 0 Å². The van der Waals surface area contributed by atoms with Crippen molar-refractivity contribution >= 4 is 0 Å².